The first-order valence-corrected chi connectivity index (χ1v) is 4.17. The van der Waals surface area contributed by atoms with Crippen LogP contribution in [-0.4, -0.2) is 19.1 Å². The number of allylic oxidation sites excluding steroid dienone is 1. The Labute approximate surface area is 72.6 Å². The molecular weight excluding hydrogens is 154 g/mol. The maximum Gasteiger partial charge on any atom is 0.310 e. The van der Waals surface area contributed by atoms with Gasteiger partial charge in [0.15, 0.2) is 0 Å². The summed E-state index contributed by atoms with van der Waals surface area (Å²) >= 11 is 0. The van der Waals surface area contributed by atoms with Gasteiger partial charge >= 0.3 is 5.97 Å². The van der Waals surface area contributed by atoms with Crippen LogP contribution in [0.2, 0.25) is 0 Å². The van der Waals surface area contributed by atoms with Crippen LogP contribution in [0.25, 0.3) is 0 Å². The number of carbonyl (C=O) groups excluding carboxylic acids is 1. The Hall–Kier alpha value is -0.830. The summed E-state index contributed by atoms with van der Waals surface area (Å²) in [5, 5.41) is 0. The maximum atomic E-state index is 11.2. The third-order valence-electron chi connectivity index (χ3n) is 2.26. The lowest BCUT2D eigenvalue weighted by Gasteiger charge is -2.25. The van der Waals surface area contributed by atoms with Crippen LogP contribution in [-0.2, 0) is 9.53 Å². The van der Waals surface area contributed by atoms with Gasteiger partial charge in [-0.05, 0) is 12.3 Å². The van der Waals surface area contributed by atoms with Crippen LogP contribution >= 0.6 is 0 Å². The molecule has 1 aliphatic carbocycles. The molecule has 0 amide bonds. The van der Waals surface area contributed by atoms with Crippen LogP contribution in [0.1, 0.15) is 13.3 Å². The van der Waals surface area contributed by atoms with Crippen molar-refractivity contribution < 1.29 is 9.53 Å². The molecule has 0 saturated carbocycles. The second kappa shape index (κ2) is 3.72. The molecule has 0 aromatic rings. The maximum absolute atomic E-state index is 11.2. The van der Waals surface area contributed by atoms with Crippen molar-refractivity contribution in [1.82, 2.24) is 0 Å². The van der Waals surface area contributed by atoms with E-state index in [-0.39, 0.29) is 17.9 Å². The highest BCUT2D eigenvalue weighted by molar-refractivity contribution is 5.73. The first-order valence-electron chi connectivity index (χ1n) is 4.17. The fraction of sp³-hybridized carbons (Fsp3) is 0.667. The SMILES string of the molecule is COC(=O)C1CC(C)C=CC1N. The van der Waals surface area contributed by atoms with E-state index in [2.05, 4.69) is 11.7 Å². The van der Waals surface area contributed by atoms with E-state index in [1.165, 1.54) is 7.11 Å². The first kappa shape index (κ1) is 9.26. The minimum Gasteiger partial charge on any atom is -0.469 e. The van der Waals surface area contributed by atoms with Crippen molar-refractivity contribution in [3.63, 3.8) is 0 Å². The van der Waals surface area contributed by atoms with Gasteiger partial charge in [0.25, 0.3) is 0 Å². The lowest BCUT2D eigenvalue weighted by Crippen LogP contribution is -2.37. The lowest BCUT2D eigenvalue weighted by molar-refractivity contribution is -0.146. The molecule has 2 N–H and O–H groups in total. The van der Waals surface area contributed by atoms with Gasteiger partial charge in [-0.25, -0.2) is 0 Å². The summed E-state index contributed by atoms with van der Waals surface area (Å²) in [6.45, 7) is 2.07. The molecule has 0 saturated heterocycles. The third kappa shape index (κ3) is 1.85. The normalized spacial score (nSPS) is 34.8. The summed E-state index contributed by atoms with van der Waals surface area (Å²) in [6, 6.07) is -0.173. The number of ether oxygens (including phenoxy) is 1. The smallest absolute Gasteiger partial charge is 0.310 e. The molecule has 68 valence electrons. The lowest BCUT2D eigenvalue weighted by atomic mass is 9.84. The van der Waals surface area contributed by atoms with Crippen molar-refractivity contribution in [3.05, 3.63) is 12.2 Å². The molecule has 0 aromatic heterocycles. The van der Waals surface area contributed by atoms with Gasteiger partial charge in [-0.3, -0.25) is 4.79 Å². The summed E-state index contributed by atoms with van der Waals surface area (Å²) in [5.74, 6) is 0.0719. The Morgan fingerprint density at radius 3 is 2.83 bits per heavy atom. The highest BCUT2D eigenvalue weighted by Crippen LogP contribution is 2.23. The Morgan fingerprint density at radius 2 is 2.25 bits per heavy atom. The van der Waals surface area contributed by atoms with Gasteiger partial charge in [-0.2, -0.15) is 0 Å². The molecule has 3 unspecified atom stereocenters. The second-order valence-corrected chi connectivity index (χ2v) is 3.30. The number of nitrogens with two attached hydrogens (primary N) is 1. The summed E-state index contributed by atoms with van der Waals surface area (Å²) < 4.78 is 4.66. The molecule has 0 aromatic carbocycles. The van der Waals surface area contributed by atoms with Crippen LogP contribution in [0.15, 0.2) is 12.2 Å². The van der Waals surface area contributed by atoms with E-state index in [4.69, 9.17) is 5.73 Å². The number of rotatable bonds is 1. The summed E-state index contributed by atoms with van der Waals surface area (Å²) in [7, 11) is 1.40. The molecule has 0 bridgehead atoms. The molecule has 12 heavy (non-hydrogen) atoms. The van der Waals surface area contributed by atoms with Crippen LogP contribution in [0.5, 0.6) is 0 Å². The van der Waals surface area contributed by atoms with Gasteiger partial charge in [0.1, 0.15) is 0 Å². The van der Waals surface area contributed by atoms with Gasteiger partial charge in [-0.15, -0.1) is 0 Å². The zero-order valence-electron chi connectivity index (χ0n) is 7.49. The number of hydrogen-bond donors (Lipinski definition) is 1. The van der Waals surface area contributed by atoms with E-state index in [1.807, 2.05) is 12.2 Å². The molecule has 1 rings (SSSR count). The van der Waals surface area contributed by atoms with E-state index in [0.29, 0.717) is 5.92 Å². The largest absolute Gasteiger partial charge is 0.469 e. The first-order chi connectivity index (χ1) is 5.65. The molecule has 0 fully saturated rings. The Kier molecular flexibility index (Phi) is 2.87. The van der Waals surface area contributed by atoms with Crippen molar-refractivity contribution in [3.8, 4) is 0 Å². The average Bonchev–Trinajstić information content (AvgIpc) is 2.08. The van der Waals surface area contributed by atoms with E-state index in [1.54, 1.807) is 0 Å². The van der Waals surface area contributed by atoms with E-state index in [9.17, 15) is 4.79 Å². The molecule has 0 aliphatic heterocycles. The molecule has 1 aliphatic rings. The number of methoxy groups -OCH3 is 1. The Morgan fingerprint density at radius 1 is 1.58 bits per heavy atom. The van der Waals surface area contributed by atoms with Gasteiger partial charge < -0.3 is 10.5 Å². The Bertz CT molecular complexity index is 201. The monoisotopic (exact) mass is 169 g/mol. The average molecular weight is 169 g/mol. The van der Waals surface area contributed by atoms with Crippen LogP contribution < -0.4 is 5.73 Å². The van der Waals surface area contributed by atoms with Gasteiger partial charge in [0.05, 0.1) is 13.0 Å². The zero-order chi connectivity index (χ0) is 9.14. The predicted octanol–water partition coefficient (Wildman–Crippen LogP) is 0.699. The van der Waals surface area contributed by atoms with E-state index in [0.717, 1.165) is 6.42 Å². The number of hydrogen-bond acceptors (Lipinski definition) is 3. The van der Waals surface area contributed by atoms with Crippen LogP contribution in [0, 0.1) is 11.8 Å². The van der Waals surface area contributed by atoms with Crippen molar-refractivity contribution in [2.45, 2.75) is 19.4 Å². The molecule has 0 radical (unpaired) electrons. The van der Waals surface area contributed by atoms with Crippen molar-refractivity contribution >= 4 is 5.97 Å². The highest BCUT2D eigenvalue weighted by atomic mass is 16.5. The summed E-state index contributed by atoms with van der Waals surface area (Å²) in [6.07, 6.45) is 4.73. The Balaban J connectivity index is 2.65. The molecule has 3 nitrogen and oxygen atoms in total. The number of esters is 1. The number of carbonyl (C=O) groups is 1. The van der Waals surface area contributed by atoms with E-state index >= 15 is 0 Å². The molecule has 3 atom stereocenters. The molecular formula is C9H15NO2. The minimum atomic E-state index is -0.196. The van der Waals surface area contributed by atoms with Crippen LogP contribution in [0.4, 0.5) is 0 Å². The van der Waals surface area contributed by atoms with Crippen molar-refractivity contribution in [2.75, 3.05) is 7.11 Å². The van der Waals surface area contributed by atoms with Gasteiger partial charge in [0, 0.05) is 6.04 Å². The summed E-state index contributed by atoms with van der Waals surface area (Å²) in [4.78, 5) is 11.2. The summed E-state index contributed by atoms with van der Waals surface area (Å²) in [5.41, 5.74) is 5.73. The van der Waals surface area contributed by atoms with Gasteiger partial charge in [-0.1, -0.05) is 19.1 Å². The standard InChI is InChI=1S/C9H15NO2/c1-6-3-4-8(10)7(5-6)9(11)12-2/h3-4,6-8H,5,10H2,1-2H3. The minimum absolute atomic E-state index is 0.157. The quantitative estimate of drug-likeness (QED) is 0.464. The predicted molar refractivity (Wildman–Crippen MR) is 46.4 cm³/mol. The van der Waals surface area contributed by atoms with Crippen LogP contribution in [0.3, 0.4) is 0 Å². The van der Waals surface area contributed by atoms with E-state index < -0.39 is 0 Å². The van der Waals surface area contributed by atoms with Crippen molar-refractivity contribution in [2.24, 2.45) is 17.6 Å². The molecule has 0 spiro atoms. The van der Waals surface area contributed by atoms with Gasteiger partial charge in [0.2, 0.25) is 0 Å². The highest BCUT2D eigenvalue weighted by Gasteiger charge is 2.28. The fourth-order valence-corrected chi connectivity index (χ4v) is 1.49. The molecule has 0 heterocycles. The third-order valence-corrected chi connectivity index (χ3v) is 2.26. The van der Waals surface area contributed by atoms with Crippen molar-refractivity contribution in [1.29, 1.82) is 0 Å². The molecule has 3 heteroatoms. The fourth-order valence-electron chi connectivity index (χ4n) is 1.49. The second-order valence-electron chi connectivity index (χ2n) is 3.30. The topological polar surface area (TPSA) is 52.3 Å². The zero-order valence-corrected chi connectivity index (χ0v) is 7.49.